The van der Waals surface area contributed by atoms with Crippen LogP contribution in [-0.2, 0) is 4.74 Å². The van der Waals surface area contributed by atoms with Crippen molar-refractivity contribution in [2.45, 2.75) is 31.1 Å². The smallest absolute Gasteiger partial charge is 0.208 e. The van der Waals surface area contributed by atoms with Crippen molar-refractivity contribution >= 4 is 28.2 Å². The topological polar surface area (TPSA) is 38.2 Å². The van der Waals surface area contributed by atoms with Crippen LogP contribution in [0.2, 0.25) is 0 Å². The molecule has 17 heavy (non-hydrogen) atoms. The molecule has 3 heterocycles. The summed E-state index contributed by atoms with van der Waals surface area (Å²) in [6.45, 7) is 7.13. The van der Waals surface area contributed by atoms with Crippen LogP contribution in [0.3, 0.4) is 0 Å². The highest BCUT2D eigenvalue weighted by atomic mass is 32.2. The SMILES string of the molecule is CCO[C@H]1CSC2(C1)CN(c1nnc(C)s1)C2. The van der Waals surface area contributed by atoms with Gasteiger partial charge in [0.05, 0.1) is 10.9 Å². The number of anilines is 1. The molecule has 2 aliphatic rings. The third-order valence-corrected chi connectivity index (χ3v) is 5.80. The predicted molar refractivity (Wildman–Crippen MR) is 72.1 cm³/mol. The largest absolute Gasteiger partial charge is 0.378 e. The van der Waals surface area contributed by atoms with Gasteiger partial charge >= 0.3 is 0 Å². The van der Waals surface area contributed by atoms with Gasteiger partial charge in [0.15, 0.2) is 0 Å². The zero-order chi connectivity index (χ0) is 11.9. The van der Waals surface area contributed by atoms with E-state index >= 15 is 0 Å². The molecule has 0 saturated carbocycles. The van der Waals surface area contributed by atoms with Crippen molar-refractivity contribution in [1.29, 1.82) is 0 Å². The molecule has 3 rings (SSSR count). The first kappa shape index (κ1) is 11.7. The molecule has 0 radical (unpaired) electrons. The molecular formula is C11H17N3OS2. The van der Waals surface area contributed by atoms with Crippen LogP contribution in [0.4, 0.5) is 5.13 Å². The Hall–Kier alpha value is -0.330. The summed E-state index contributed by atoms with van der Waals surface area (Å²) in [6, 6.07) is 0. The minimum absolute atomic E-state index is 0.430. The fraction of sp³-hybridized carbons (Fsp3) is 0.818. The van der Waals surface area contributed by atoms with Gasteiger partial charge in [-0.3, -0.25) is 0 Å². The molecule has 6 heteroatoms. The van der Waals surface area contributed by atoms with Gasteiger partial charge in [0.25, 0.3) is 0 Å². The molecule has 0 unspecified atom stereocenters. The van der Waals surface area contributed by atoms with E-state index in [4.69, 9.17) is 4.74 Å². The van der Waals surface area contributed by atoms with Crippen LogP contribution in [0.5, 0.6) is 0 Å². The van der Waals surface area contributed by atoms with Crippen LogP contribution in [0, 0.1) is 6.92 Å². The first-order valence-electron chi connectivity index (χ1n) is 6.01. The van der Waals surface area contributed by atoms with Crippen LogP contribution in [0.1, 0.15) is 18.4 Å². The number of ether oxygens (including phenoxy) is 1. The Balaban J connectivity index is 1.58. The van der Waals surface area contributed by atoms with E-state index in [-0.39, 0.29) is 0 Å². The van der Waals surface area contributed by atoms with Crippen molar-refractivity contribution in [3.8, 4) is 0 Å². The van der Waals surface area contributed by atoms with E-state index in [2.05, 4.69) is 33.8 Å². The third-order valence-electron chi connectivity index (χ3n) is 3.32. The summed E-state index contributed by atoms with van der Waals surface area (Å²) in [4.78, 5) is 2.34. The molecule has 1 spiro atoms. The van der Waals surface area contributed by atoms with Gasteiger partial charge in [0.1, 0.15) is 5.01 Å². The summed E-state index contributed by atoms with van der Waals surface area (Å²) in [5.74, 6) is 1.15. The molecule has 0 bridgehead atoms. The van der Waals surface area contributed by atoms with Gasteiger partial charge in [-0.05, 0) is 20.3 Å². The van der Waals surface area contributed by atoms with E-state index in [0.29, 0.717) is 10.9 Å². The monoisotopic (exact) mass is 271 g/mol. The molecule has 1 aromatic rings. The van der Waals surface area contributed by atoms with Crippen LogP contribution < -0.4 is 4.90 Å². The quantitative estimate of drug-likeness (QED) is 0.840. The molecular weight excluding hydrogens is 254 g/mol. The second kappa shape index (κ2) is 4.40. The maximum atomic E-state index is 5.71. The number of aryl methyl sites for hydroxylation is 1. The molecule has 4 nitrogen and oxygen atoms in total. The maximum Gasteiger partial charge on any atom is 0.208 e. The van der Waals surface area contributed by atoms with Gasteiger partial charge in [0, 0.05) is 25.4 Å². The van der Waals surface area contributed by atoms with Crippen LogP contribution in [0.15, 0.2) is 0 Å². The maximum absolute atomic E-state index is 5.71. The Morgan fingerprint density at radius 3 is 2.94 bits per heavy atom. The number of thioether (sulfide) groups is 1. The Morgan fingerprint density at radius 2 is 2.29 bits per heavy atom. The summed E-state index contributed by atoms with van der Waals surface area (Å²) in [7, 11) is 0. The average Bonchev–Trinajstić information content (AvgIpc) is 2.83. The van der Waals surface area contributed by atoms with Gasteiger partial charge in [-0.2, -0.15) is 0 Å². The van der Waals surface area contributed by atoms with Gasteiger partial charge in [-0.1, -0.05) is 11.3 Å². The summed E-state index contributed by atoms with van der Waals surface area (Å²) in [5.41, 5.74) is 0. The highest BCUT2D eigenvalue weighted by Crippen LogP contribution is 2.47. The van der Waals surface area contributed by atoms with Crippen molar-refractivity contribution in [3.05, 3.63) is 5.01 Å². The first-order valence-corrected chi connectivity index (χ1v) is 7.82. The molecule has 2 aliphatic heterocycles. The Labute approximate surface area is 110 Å². The van der Waals surface area contributed by atoms with Crippen molar-refractivity contribution in [2.75, 3.05) is 30.3 Å². The van der Waals surface area contributed by atoms with E-state index in [1.165, 1.54) is 6.42 Å². The zero-order valence-corrected chi connectivity index (χ0v) is 11.8. The van der Waals surface area contributed by atoms with Crippen LogP contribution in [0.25, 0.3) is 0 Å². The Kier molecular flexibility index (Phi) is 3.04. The lowest BCUT2D eigenvalue weighted by atomic mass is 9.93. The predicted octanol–water partition coefficient (Wildman–Crippen LogP) is 1.95. The molecule has 2 fully saturated rings. The normalized spacial score (nSPS) is 26.5. The number of aromatic nitrogens is 2. The fourth-order valence-corrected chi connectivity index (χ4v) is 4.80. The number of hydrogen-bond donors (Lipinski definition) is 0. The summed E-state index contributed by atoms with van der Waals surface area (Å²) < 4.78 is 6.14. The molecule has 0 aromatic carbocycles. The number of nitrogens with zero attached hydrogens (tertiary/aromatic N) is 3. The number of rotatable bonds is 3. The van der Waals surface area contributed by atoms with E-state index < -0.39 is 0 Å². The Morgan fingerprint density at radius 1 is 1.47 bits per heavy atom. The summed E-state index contributed by atoms with van der Waals surface area (Å²) in [6.07, 6.45) is 1.66. The molecule has 0 aliphatic carbocycles. The lowest BCUT2D eigenvalue weighted by Gasteiger charge is -2.47. The van der Waals surface area contributed by atoms with Crippen molar-refractivity contribution in [2.24, 2.45) is 0 Å². The molecule has 94 valence electrons. The van der Waals surface area contributed by atoms with Crippen molar-refractivity contribution in [3.63, 3.8) is 0 Å². The fourth-order valence-electron chi connectivity index (χ4n) is 2.56. The second-order valence-electron chi connectivity index (χ2n) is 4.74. The van der Waals surface area contributed by atoms with Crippen LogP contribution >= 0.6 is 23.1 Å². The van der Waals surface area contributed by atoms with Gasteiger partial charge in [-0.15, -0.1) is 22.0 Å². The van der Waals surface area contributed by atoms with Crippen molar-refractivity contribution in [1.82, 2.24) is 10.2 Å². The lowest BCUT2D eigenvalue weighted by Crippen LogP contribution is -2.59. The van der Waals surface area contributed by atoms with Crippen LogP contribution in [-0.4, -0.2) is 46.5 Å². The molecule has 0 amide bonds. The minimum Gasteiger partial charge on any atom is -0.378 e. The van der Waals surface area contributed by atoms with Crippen molar-refractivity contribution < 1.29 is 4.74 Å². The van der Waals surface area contributed by atoms with E-state index in [1.807, 2.05) is 6.92 Å². The van der Waals surface area contributed by atoms with Gasteiger partial charge in [0.2, 0.25) is 5.13 Å². The lowest BCUT2D eigenvalue weighted by molar-refractivity contribution is 0.0699. The molecule has 1 atom stereocenters. The average molecular weight is 271 g/mol. The third kappa shape index (κ3) is 2.18. The van der Waals surface area contributed by atoms with E-state index in [9.17, 15) is 0 Å². The minimum atomic E-state index is 0.430. The first-order chi connectivity index (χ1) is 8.21. The standard InChI is InChI=1S/C11H17N3OS2/c1-3-15-9-4-11(16-5-9)6-14(7-11)10-13-12-8(2)17-10/h9H,3-7H2,1-2H3/t9-/m1/s1. The molecule has 1 aromatic heterocycles. The van der Waals surface area contributed by atoms with E-state index in [1.54, 1.807) is 11.3 Å². The Bertz CT molecular complexity index is 403. The van der Waals surface area contributed by atoms with E-state index in [0.717, 1.165) is 35.6 Å². The molecule has 2 saturated heterocycles. The zero-order valence-electron chi connectivity index (χ0n) is 10.2. The number of hydrogen-bond acceptors (Lipinski definition) is 6. The highest BCUT2D eigenvalue weighted by Gasteiger charge is 2.50. The van der Waals surface area contributed by atoms with Gasteiger partial charge < -0.3 is 9.64 Å². The second-order valence-corrected chi connectivity index (χ2v) is 7.38. The van der Waals surface area contributed by atoms with Gasteiger partial charge in [-0.25, -0.2) is 0 Å². The summed E-state index contributed by atoms with van der Waals surface area (Å²) in [5, 5.41) is 10.4. The highest BCUT2D eigenvalue weighted by molar-refractivity contribution is 8.01. The summed E-state index contributed by atoms with van der Waals surface area (Å²) >= 11 is 3.76. The molecule has 0 N–H and O–H groups in total.